The van der Waals surface area contributed by atoms with Crippen LogP contribution in [0.4, 0.5) is 0 Å². The third-order valence-electron chi connectivity index (χ3n) is 8.76. The Morgan fingerprint density at radius 1 is 1.05 bits per heavy atom. The van der Waals surface area contributed by atoms with Crippen molar-refractivity contribution in [1.29, 1.82) is 0 Å². The topological polar surface area (TPSA) is 106 Å². The molecule has 240 valence electrons. The van der Waals surface area contributed by atoms with E-state index in [1.807, 2.05) is 33.8 Å². The number of hydrogen-bond acceptors (Lipinski definition) is 6. The van der Waals surface area contributed by atoms with Crippen LogP contribution in [0.2, 0.25) is 0 Å². The predicted molar refractivity (Wildman–Crippen MR) is 168 cm³/mol. The summed E-state index contributed by atoms with van der Waals surface area (Å²) in [5.74, 6) is 2.24. The van der Waals surface area contributed by atoms with Gasteiger partial charge in [0.05, 0.1) is 25.4 Å². The van der Waals surface area contributed by atoms with Crippen LogP contribution < -0.4 is 20.1 Å². The van der Waals surface area contributed by atoms with Gasteiger partial charge in [0, 0.05) is 38.5 Å². The molecular weight excluding hydrogens is 532 g/mol. The summed E-state index contributed by atoms with van der Waals surface area (Å²) in [6, 6.07) is 6.11. The van der Waals surface area contributed by atoms with Gasteiger partial charge in [-0.15, -0.1) is 0 Å². The monoisotopic (exact) mass is 590 g/mol. The molecule has 1 aliphatic rings. The summed E-state index contributed by atoms with van der Waals surface area (Å²) in [7, 11) is 3.33. The van der Waals surface area contributed by atoms with Crippen LogP contribution in [0.5, 0.6) is 11.5 Å². The molecular formula is C34H58N2O6. The second-order valence-corrected chi connectivity index (χ2v) is 13.1. The number of benzene rings is 1. The lowest BCUT2D eigenvalue weighted by Crippen LogP contribution is -2.54. The van der Waals surface area contributed by atoms with Crippen LogP contribution in [0.3, 0.4) is 0 Å². The highest BCUT2D eigenvalue weighted by Gasteiger charge is 2.35. The van der Waals surface area contributed by atoms with Crippen molar-refractivity contribution >= 4 is 11.8 Å². The summed E-state index contributed by atoms with van der Waals surface area (Å²) in [5.41, 5.74) is 0.703. The third-order valence-corrected chi connectivity index (χ3v) is 8.76. The van der Waals surface area contributed by atoms with Crippen molar-refractivity contribution in [3.8, 4) is 11.5 Å². The highest BCUT2D eigenvalue weighted by Crippen LogP contribution is 2.32. The molecule has 8 heteroatoms. The minimum absolute atomic E-state index is 0.0546. The molecule has 1 aliphatic carbocycles. The molecule has 42 heavy (non-hydrogen) atoms. The van der Waals surface area contributed by atoms with Gasteiger partial charge < -0.3 is 30.0 Å². The summed E-state index contributed by atoms with van der Waals surface area (Å²) in [6.45, 7) is 14.1. The molecule has 1 aromatic carbocycles. The molecule has 1 aromatic rings. The Hall–Kier alpha value is -2.32. The van der Waals surface area contributed by atoms with Crippen molar-refractivity contribution in [2.75, 3.05) is 34.0 Å². The summed E-state index contributed by atoms with van der Waals surface area (Å²) >= 11 is 0. The van der Waals surface area contributed by atoms with Crippen molar-refractivity contribution in [1.82, 2.24) is 10.6 Å². The smallest absolute Gasteiger partial charge is 0.223 e. The molecule has 8 nitrogen and oxygen atoms in total. The number of hydrogen-bond donors (Lipinski definition) is 3. The van der Waals surface area contributed by atoms with E-state index in [1.165, 1.54) is 5.56 Å². The summed E-state index contributed by atoms with van der Waals surface area (Å²) < 4.78 is 16.6. The molecule has 0 aromatic heterocycles. The molecule has 0 bridgehead atoms. The molecule has 2 amide bonds. The zero-order valence-corrected chi connectivity index (χ0v) is 27.5. The maximum absolute atomic E-state index is 13.2. The van der Waals surface area contributed by atoms with E-state index in [0.717, 1.165) is 50.0 Å². The first kappa shape index (κ1) is 35.9. The van der Waals surface area contributed by atoms with Gasteiger partial charge in [-0.3, -0.25) is 9.59 Å². The van der Waals surface area contributed by atoms with Crippen LogP contribution in [0, 0.1) is 29.6 Å². The molecule has 0 radical (unpaired) electrons. The Kier molecular flexibility index (Phi) is 15.1. The van der Waals surface area contributed by atoms with Gasteiger partial charge in [-0.25, -0.2) is 0 Å². The Morgan fingerprint density at radius 3 is 2.33 bits per heavy atom. The zero-order chi connectivity index (χ0) is 31.3. The summed E-state index contributed by atoms with van der Waals surface area (Å²) in [6.07, 6.45) is 5.68. The number of nitrogens with one attached hydrogen (secondary N) is 2. The Morgan fingerprint density at radius 2 is 1.76 bits per heavy atom. The van der Waals surface area contributed by atoms with Gasteiger partial charge in [0.15, 0.2) is 11.5 Å². The van der Waals surface area contributed by atoms with Gasteiger partial charge in [-0.05, 0) is 87.3 Å². The van der Waals surface area contributed by atoms with Crippen LogP contribution in [-0.4, -0.2) is 62.5 Å². The Bertz CT molecular complexity index is 963. The van der Waals surface area contributed by atoms with Crippen molar-refractivity contribution in [2.45, 2.75) is 105 Å². The maximum Gasteiger partial charge on any atom is 0.223 e. The number of carbonyl (C=O) groups is 2. The van der Waals surface area contributed by atoms with Crippen molar-refractivity contribution < 1.29 is 28.9 Å². The first-order chi connectivity index (χ1) is 19.9. The lowest BCUT2D eigenvalue weighted by molar-refractivity contribution is -0.129. The molecule has 0 spiro atoms. The fourth-order valence-corrected chi connectivity index (χ4v) is 5.24. The van der Waals surface area contributed by atoms with Gasteiger partial charge in [-0.2, -0.15) is 0 Å². The number of rotatable bonds is 21. The van der Waals surface area contributed by atoms with Gasteiger partial charge in [0.2, 0.25) is 11.8 Å². The fraction of sp³-hybridized carbons (Fsp3) is 0.765. The molecule has 0 aliphatic heterocycles. The van der Waals surface area contributed by atoms with Crippen molar-refractivity contribution in [2.24, 2.45) is 29.6 Å². The Balaban J connectivity index is 1.93. The molecule has 3 unspecified atom stereocenters. The van der Waals surface area contributed by atoms with Gasteiger partial charge >= 0.3 is 0 Å². The Labute approximate surface area is 254 Å². The first-order valence-corrected chi connectivity index (χ1v) is 16.0. The SMILES string of the molecule is CCC(C)(CNC(=O)C(C[C@H](O)CCC(Cc1ccc(OC)c(OCCCOC)c1)C(C)C)C(C)C)NC(=O)C1CC1. The van der Waals surface area contributed by atoms with Gasteiger partial charge in [0.1, 0.15) is 0 Å². The number of carbonyl (C=O) groups excluding carboxylic acids is 2. The second-order valence-electron chi connectivity index (χ2n) is 13.1. The predicted octanol–water partition coefficient (Wildman–Crippen LogP) is 5.54. The molecule has 1 saturated carbocycles. The zero-order valence-electron chi connectivity index (χ0n) is 27.5. The molecule has 1 fully saturated rings. The van der Waals surface area contributed by atoms with Crippen LogP contribution in [-0.2, 0) is 20.7 Å². The molecule has 3 N–H and O–H groups in total. The van der Waals surface area contributed by atoms with Gasteiger partial charge in [0.25, 0.3) is 0 Å². The van der Waals surface area contributed by atoms with Gasteiger partial charge in [-0.1, -0.05) is 40.7 Å². The average molecular weight is 591 g/mol. The van der Waals surface area contributed by atoms with E-state index in [-0.39, 0.29) is 29.6 Å². The van der Waals surface area contributed by atoms with Crippen LogP contribution in [0.1, 0.15) is 92.1 Å². The number of methoxy groups -OCH3 is 2. The fourth-order valence-electron chi connectivity index (χ4n) is 5.24. The van der Waals surface area contributed by atoms with E-state index in [4.69, 9.17) is 14.2 Å². The molecule has 0 heterocycles. The van der Waals surface area contributed by atoms with E-state index in [2.05, 4.69) is 36.6 Å². The summed E-state index contributed by atoms with van der Waals surface area (Å²) in [5, 5.41) is 17.3. The van der Waals surface area contributed by atoms with Crippen molar-refractivity contribution in [3.63, 3.8) is 0 Å². The van der Waals surface area contributed by atoms with Crippen LogP contribution in [0.25, 0.3) is 0 Å². The normalized spacial score (nSPS) is 16.9. The number of aliphatic hydroxyl groups excluding tert-OH is 1. The largest absolute Gasteiger partial charge is 0.493 e. The van der Waals surface area contributed by atoms with E-state index in [1.54, 1.807) is 14.2 Å². The third kappa shape index (κ3) is 12.1. The molecule has 2 rings (SSSR count). The molecule has 0 saturated heterocycles. The quantitative estimate of drug-likeness (QED) is 0.162. The van der Waals surface area contributed by atoms with E-state index < -0.39 is 11.6 Å². The standard InChI is InChI=1S/C34H58N2O6/c1-9-34(6,36-32(38)26-12-13-26)22-35-33(39)29(24(4)5)21-28(37)15-14-27(23(2)3)19-25-11-16-30(41-8)31(20-25)42-18-10-17-40-7/h11,16,20,23-24,26-29,37H,9-10,12-15,17-19,21-22H2,1-8H3,(H,35,39)(H,36,38)/t27?,28-,29?,34?/m1/s1. The number of ether oxygens (including phenoxy) is 3. The van der Waals surface area contributed by atoms with E-state index >= 15 is 0 Å². The minimum atomic E-state index is -0.563. The van der Waals surface area contributed by atoms with Crippen LogP contribution >= 0.6 is 0 Å². The second kappa shape index (κ2) is 17.7. The average Bonchev–Trinajstić information content (AvgIpc) is 3.81. The minimum Gasteiger partial charge on any atom is -0.493 e. The highest BCUT2D eigenvalue weighted by molar-refractivity contribution is 5.82. The summed E-state index contributed by atoms with van der Waals surface area (Å²) in [4.78, 5) is 25.6. The van der Waals surface area contributed by atoms with E-state index in [0.29, 0.717) is 44.4 Å². The molecule has 4 atom stereocenters. The number of aliphatic hydroxyl groups is 1. The lowest BCUT2D eigenvalue weighted by atomic mass is 9.82. The lowest BCUT2D eigenvalue weighted by Gasteiger charge is -2.32. The highest BCUT2D eigenvalue weighted by atomic mass is 16.5. The van der Waals surface area contributed by atoms with Crippen LogP contribution in [0.15, 0.2) is 18.2 Å². The first-order valence-electron chi connectivity index (χ1n) is 16.0. The van der Waals surface area contributed by atoms with E-state index in [9.17, 15) is 14.7 Å². The maximum atomic E-state index is 13.2. The van der Waals surface area contributed by atoms with Crippen molar-refractivity contribution in [3.05, 3.63) is 23.8 Å². The number of amides is 2.